The number of ether oxygens (including phenoxy) is 2. The largest absolute Gasteiger partial charge is 0.487 e. The highest BCUT2D eigenvalue weighted by Gasteiger charge is 2.30. The van der Waals surface area contributed by atoms with Crippen molar-refractivity contribution in [2.24, 2.45) is 7.05 Å². The fourth-order valence-electron chi connectivity index (χ4n) is 7.19. The normalized spacial score (nSPS) is 14.0. The predicted octanol–water partition coefficient (Wildman–Crippen LogP) is 4.82. The molecular weight excluding hydrogens is 697 g/mol. The first kappa shape index (κ1) is 34.0. The number of imidazole rings is 1. The molecule has 6 heterocycles. The molecule has 0 bridgehead atoms. The van der Waals surface area contributed by atoms with Crippen molar-refractivity contribution in [1.29, 1.82) is 0 Å². The van der Waals surface area contributed by atoms with Crippen molar-refractivity contribution in [2.75, 3.05) is 13.1 Å². The van der Waals surface area contributed by atoms with Crippen LogP contribution in [0.4, 0.5) is 0 Å². The van der Waals surface area contributed by atoms with Gasteiger partial charge in [-0.15, -0.1) is 0 Å². The number of para-hydroxylation sites is 3. The summed E-state index contributed by atoms with van der Waals surface area (Å²) < 4.78 is 17.3. The smallest absolute Gasteiger partial charge is 0.272 e. The van der Waals surface area contributed by atoms with Gasteiger partial charge in [-0.3, -0.25) is 28.9 Å². The zero-order valence-electron chi connectivity index (χ0n) is 30.3. The summed E-state index contributed by atoms with van der Waals surface area (Å²) in [7, 11) is 1.98. The number of fused-ring (bicyclic) bond motifs is 3. The molecule has 2 aliphatic rings. The molecule has 2 amide bonds. The summed E-state index contributed by atoms with van der Waals surface area (Å²) in [5, 5.41) is 9.23. The summed E-state index contributed by atoms with van der Waals surface area (Å²) in [5.74, 6) is 2.09. The first-order valence-electron chi connectivity index (χ1n) is 18.3. The number of hydrogen-bond donors (Lipinski definition) is 0. The Labute approximate surface area is 316 Å². The van der Waals surface area contributed by atoms with E-state index in [0.717, 1.165) is 45.3 Å². The average molecular weight is 735 g/mol. The third-order valence-corrected chi connectivity index (χ3v) is 10.1. The minimum absolute atomic E-state index is 0.0896. The molecule has 0 N–H and O–H groups in total. The van der Waals surface area contributed by atoms with Crippen LogP contribution in [-0.4, -0.2) is 73.8 Å². The maximum atomic E-state index is 13.7. The summed E-state index contributed by atoms with van der Waals surface area (Å²) in [6.45, 7) is 3.41. The molecule has 0 radical (unpaired) electrons. The molecule has 0 unspecified atom stereocenters. The van der Waals surface area contributed by atoms with Gasteiger partial charge < -0.3 is 23.8 Å². The molecule has 3 aromatic carbocycles. The van der Waals surface area contributed by atoms with Crippen LogP contribution in [0.3, 0.4) is 0 Å². The Balaban J connectivity index is 0.884. The summed E-state index contributed by atoms with van der Waals surface area (Å²) in [6.07, 6.45) is 3.82. The molecule has 0 saturated carbocycles. The van der Waals surface area contributed by atoms with E-state index in [9.17, 15) is 9.59 Å². The maximum Gasteiger partial charge on any atom is 0.272 e. The Morgan fingerprint density at radius 3 is 1.80 bits per heavy atom. The van der Waals surface area contributed by atoms with Gasteiger partial charge in [-0.2, -0.15) is 10.2 Å². The van der Waals surface area contributed by atoms with Crippen molar-refractivity contribution in [1.82, 2.24) is 48.9 Å². The molecule has 7 aromatic rings. The van der Waals surface area contributed by atoms with Crippen molar-refractivity contribution in [3.63, 3.8) is 0 Å². The highest BCUT2D eigenvalue weighted by atomic mass is 16.5. The molecule has 0 atom stereocenters. The van der Waals surface area contributed by atoms with Crippen LogP contribution in [0.2, 0.25) is 0 Å². The molecule has 0 spiro atoms. The summed E-state index contributed by atoms with van der Waals surface area (Å²) in [4.78, 5) is 45.4. The number of aryl methyl sites for hydroxylation is 1. The third-order valence-electron chi connectivity index (χ3n) is 10.1. The van der Waals surface area contributed by atoms with Crippen molar-refractivity contribution < 1.29 is 19.1 Å². The Morgan fingerprint density at radius 2 is 1.20 bits per heavy atom. The number of amides is 2. The lowest BCUT2D eigenvalue weighted by Gasteiger charge is -2.27. The van der Waals surface area contributed by atoms with Crippen LogP contribution in [0.5, 0.6) is 11.5 Å². The second-order valence-electron chi connectivity index (χ2n) is 13.6. The standard InChI is InChI=1S/C41H38N10O4/c1-47-35-14-8-9-28(39(35)44-38(47)25-49-18-20-51-37(41(49)53)23-30(46-51)27-55-32-12-6-3-7-13-32)21-33-34(43-16-15-42-33)24-48-17-19-50-36(40(48)52)22-29(45-50)26-54-31-10-4-2-5-11-31/h2-16,22-23H,17-21,24-27H2,1H3. The average Bonchev–Trinajstić information content (AvgIpc) is 3.93. The quantitative estimate of drug-likeness (QED) is 0.173. The molecule has 55 heavy (non-hydrogen) atoms. The Hall–Kier alpha value is -6.83. The lowest BCUT2D eigenvalue weighted by Crippen LogP contribution is -2.40. The zero-order chi connectivity index (χ0) is 37.3. The van der Waals surface area contributed by atoms with E-state index in [1.807, 2.05) is 101 Å². The lowest BCUT2D eigenvalue weighted by molar-refractivity contribution is 0.0672. The van der Waals surface area contributed by atoms with Gasteiger partial charge in [0.1, 0.15) is 53.3 Å². The highest BCUT2D eigenvalue weighted by molar-refractivity contribution is 5.94. The SMILES string of the molecule is Cn1c(CN2CCn3nc(COc4ccccc4)cc3C2=O)nc2c(Cc3nccnc3CN3CCn4nc(COc5ccccc5)cc4C3=O)cccc21. The zero-order valence-corrected chi connectivity index (χ0v) is 30.3. The van der Waals surface area contributed by atoms with Crippen LogP contribution in [0, 0.1) is 0 Å². The van der Waals surface area contributed by atoms with Gasteiger partial charge in [-0.25, -0.2) is 4.98 Å². The summed E-state index contributed by atoms with van der Waals surface area (Å²) in [6, 6.07) is 28.8. The minimum Gasteiger partial charge on any atom is -0.487 e. The number of carbonyl (C=O) groups excluding carboxylic acids is 2. The molecule has 2 aliphatic heterocycles. The Bertz CT molecular complexity index is 2510. The topological polar surface area (TPSA) is 138 Å². The van der Waals surface area contributed by atoms with Crippen LogP contribution in [0.1, 0.15) is 55.1 Å². The van der Waals surface area contributed by atoms with Crippen LogP contribution in [-0.2, 0) is 52.9 Å². The fourth-order valence-corrected chi connectivity index (χ4v) is 7.19. The van der Waals surface area contributed by atoms with Gasteiger partial charge in [0.05, 0.1) is 48.6 Å². The number of nitrogens with zero attached hydrogens (tertiary/aromatic N) is 10. The molecule has 9 rings (SSSR count). The number of rotatable bonds is 12. The van der Waals surface area contributed by atoms with E-state index in [1.54, 1.807) is 32.7 Å². The first-order valence-corrected chi connectivity index (χ1v) is 18.3. The molecular formula is C41H38N10O4. The number of hydrogen-bond acceptors (Lipinski definition) is 9. The number of carbonyl (C=O) groups is 2. The first-order chi connectivity index (χ1) is 27.0. The number of aromatic nitrogens is 8. The molecule has 14 heteroatoms. The van der Waals surface area contributed by atoms with Crippen molar-refractivity contribution in [2.45, 2.75) is 45.8 Å². The van der Waals surface area contributed by atoms with E-state index in [0.29, 0.717) is 68.5 Å². The molecule has 14 nitrogen and oxygen atoms in total. The van der Waals surface area contributed by atoms with Crippen molar-refractivity contribution in [3.05, 3.63) is 149 Å². The van der Waals surface area contributed by atoms with Gasteiger partial charge in [0.25, 0.3) is 11.8 Å². The van der Waals surface area contributed by atoms with E-state index in [-0.39, 0.29) is 25.0 Å². The van der Waals surface area contributed by atoms with Crippen LogP contribution >= 0.6 is 0 Å². The number of benzene rings is 3. The van der Waals surface area contributed by atoms with Crippen LogP contribution in [0.15, 0.2) is 103 Å². The van der Waals surface area contributed by atoms with Crippen molar-refractivity contribution in [3.8, 4) is 11.5 Å². The Morgan fingerprint density at radius 1 is 0.636 bits per heavy atom. The third kappa shape index (κ3) is 6.89. The van der Waals surface area contributed by atoms with Gasteiger partial charge in [0, 0.05) is 39.0 Å². The van der Waals surface area contributed by atoms with E-state index < -0.39 is 0 Å². The maximum absolute atomic E-state index is 13.7. The van der Waals surface area contributed by atoms with Crippen LogP contribution < -0.4 is 9.47 Å². The monoisotopic (exact) mass is 734 g/mol. The van der Waals surface area contributed by atoms with Gasteiger partial charge in [-0.1, -0.05) is 48.5 Å². The van der Waals surface area contributed by atoms with Gasteiger partial charge in [-0.05, 0) is 48.0 Å². The van der Waals surface area contributed by atoms with Gasteiger partial charge >= 0.3 is 0 Å². The molecule has 0 fully saturated rings. The molecule has 0 aliphatic carbocycles. The minimum atomic E-state index is -0.107. The van der Waals surface area contributed by atoms with Gasteiger partial charge in [0.15, 0.2) is 0 Å². The van der Waals surface area contributed by atoms with E-state index in [4.69, 9.17) is 19.4 Å². The molecule has 276 valence electrons. The van der Waals surface area contributed by atoms with E-state index in [1.165, 1.54) is 0 Å². The summed E-state index contributed by atoms with van der Waals surface area (Å²) in [5.41, 5.74) is 6.77. The highest BCUT2D eigenvalue weighted by Crippen LogP contribution is 2.26. The molecule has 0 saturated heterocycles. The van der Waals surface area contributed by atoms with Crippen molar-refractivity contribution >= 4 is 22.8 Å². The second-order valence-corrected chi connectivity index (χ2v) is 13.6. The fraction of sp³-hybridized carbons (Fsp3) is 0.244. The second kappa shape index (κ2) is 14.5. The predicted molar refractivity (Wildman–Crippen MR) is 201 cm³/mol. The molecule has 4 aromatic heterocycles. The lowest BCUT2D eigenvalue weighted by atomic mass is 10.1. The Kier molecular flexibility index (Phi) is 8.98. The van der Waals surface area contributed by atoms with E-state index >= 15 is 0 Å². The van der Waals surface area contributed by atoms with Crippen LogP contribution in [0.25, 0.3) is 11.0 Å². The van der Waals surface area contributed by atoms with Gasteiger partial charge in [0.2, 0.25) is 0 Å². The summed E-state index contributed by atoms with van der Waals surface area (Å²) >= 11 is 0. The van der Waals surface area contributed by atoms with E-state index in [2.05, 4.69) is 15.2 Å².